The average molecular weight is 273 g/mol. The fourth-order valence-electron chi connectivity index (χ4n) is 3.52. The molecule has 1 aliphatic carbocycles. The van der Waals surface area contributed by atoms with Crippen LogP contribution in [0.3, 0.4) is 0 Å². The summed E-state index contributed by atoms with van der Waals surface area (Å²) >= 11 is 0. The van der Waals surface area contributed by atoms with E-state index in [-0.39, 0.29) is 0 Å². The highest BCUT2D eigenvalue weighted by atomic mass is 14.9. The topological polar surface area (TPSA) is 12.0 Å². The Morgan fingerprint density at radius 2 is 1.70 bits per heavy atom. The van der Waals surface area contributed by atoms with Crippen molar-refractivity contribution in [1.29, 1.82) is 0 Å². The predicted octanol–water partition coefficient (Wildman–Crippen LogP) is 5.05. The highest BCUT2D eigenvalue weighted by Gasteiger charge is 2.23. The molecule has 1 fully saturated rings. The lowest BCUT2D eigenvalue weighted by Crippen LogP contribution is -2.27. The summed E-state index contributed by atoms with van der Waals surface area (Å²) in [5.74, 6) is 1.59. The van der Waals surface area contributed by atoms with Crippen LogP contribution in [0, 0.1) is 12.8 Å². The summed E-state index contributed by atoms with van der Waals surface area (Å²) in [7, 11) is 0. The van der Waals surface area contributed by atoms with Gasteiger partial charge in [0.05, 0.1) is 0 Å². The van der Waals surface area contributed by atoms with E-state index >= 15 is 0 Å². The maximum atomic E-state index is 3.67. The number of nitrogens with one attached hydrogen (secondary N) is 1. The first-order valence-electron chi connectivity index (χ1n) is 8.58. The molecule has 0 saturated heterocycles. The van der Waals surface area contributed by atoms with Gasteiger partial charge < -0.3 is 5.32 Å². The largest absolute Gasteiger partial charge is 0.316 e. The standard InChI is InChI=1S/C19H31N/c1-3-14-20-15-19(17-8-6-4-5-7-9-17)18-12-10-16(2)11-13-18/h10-13,17,19-20H,3-9,14-15H2,1-2H3. The van der Waals surface area contributed by atoms with Crippen LogP contribution >= 0.6 is 0 Å². The molecule has 0 heterocycles. The molecule has 1 aliphatic rings. The van der Waals surface area contributed by atoms with Crippen molar-refractivity contribution in [3.8, 4) is 0 Å². The third-order valence-corrected chi connectivity index (χ3v) is 4.77. The molecule has 1 nitrogen and oxygen atoms in total. The van der Waals surface area contributed by atoms with Gasteiger partial charge in [-0.25, -0.2) is 0 Å². The van der Waals surface area contributed by atoms with Gasteiger partial charge in [-0.2, -0.15) is 0 Å². The fourth-order valence-corrected chi connectivity index (χ4v) is 3.52. The predicted molar refractivity (Wildman–Crippen MR) is 88.3 cm³/mol. The fraction of sp³-hybridized carbons (Fsp3) is 0.684. The Morgan fingerprint density at radius 1 is 1.05 bits per heavy atom. The van der Waals surface area contributed by atoms with Crippen LogP contribution in [0.2, 0.25) is 0 Å². The van der Waals surface area contributed by atoms with E-state index in [9.17, 15) is 0 Å². The quantitative estimate of drug-likeness (QED) is 0.565. The van der Waals surface area contributed by atoms with Crippen LogP contribution in [-0.4, -0.2) is 13.1 Å². The second-order valence-electron chi connectivity index (χ2n) is 6.47. The second-order valence-corrected chi connectivity index (χ2v) is 6.47. The number of benzene rings is 1. The van der Waals surface area contributed by atoms with E-state index in [2.05, 4.69) is 43.4 Å². The van der Waals surface area contributed by atoms with Crippen molar-refractivity contribution >= 4 is 0 Å². The highest BCUT2D eigenvalue weighted by molar-refractivity contribution is 5.25. The summed E-state index contributed by atoms with van der Waals surface area (Å²) in [6.45, 7) is 6.73. The minimum absolute atomic E-state index is 0.709. The van der Waals surface area contributed by atoms with Crippen molar-refractivity contribution < 1.29 is 0 Å². The molecule has 20 heavy (non-hydrogen) atoms. The molecule has 1 atom stereocenters. The molecule has 0 bridgehead atoms. The van der Waals surface area contributed by atoms with E-state index in [4.69, 9.17) is 0 Å². The van der Waals surface area contributed by atoms with Crippen LogP contribution in [0.4, 0.5) is 0 Å². The van der Waals surface area contributed by atoms with Crippen molar-refractivity contribution in [3.63, 3.8) is 0 Å². The monoisotopic (exact) mass is 273 g/mol. The Balaban J connectivity index is 2.07. The highest BCUT2D eigenvalue weighted by Crippen LogP contribution is 2.35. The van der Waals surface area contributed by atoms with Crippen LogP contribution in [0.5, 0.6) is 0 Å². The van der Waals surface area contributed by atoms with Crippen molar-refractivity contribution in [2.45, 2.75) is 64.7 Å². The van der Waals surface area contributed by atoms with Crippen molar-refractivity contribution in [1.82, 2.24) is 5.32 Å². The van der Waals surface area contributed by atoms with Crippen LogP contribution in [0.15, 0.2) is 24.3 Å². The van der Waals surface area contributed by atoms with E-state index < -0.39 is 0 Å². The molecule has 0 amide bonds. The zero-order chi connectivity index (χ0) is 14.2. The molecule has 1 heteroatoms. The molecular formula is C19H31N. The second kappa shape index (κ2) is 8.46. The lowest BCUT2D eigenvalue weighted by Gasteiger charge is -2.27. The van der Waals surface area contributed by atoms with Gasteiger partial charge in [0.2, 0.25) is 0 Å². The van der Waals surface area contributed by atoms with Crippen molar-refractivity contribution in [2.24, 2.45) is 5.92 Å². The molecule has 0 aromatic heterocycles. The minimum atomic E-state index is 0.709. The smallest absolute Gasteiger partial charge is 0.00228 e. The number of hydrogen-bond donors (Lipinski definition) is 1. The summed E-state index contributed by atoms with van der Waals surface area (Å²) in [6.07, 6.45) is 9.82. The van der Waals surface area contributed by atoms with Gasteiger partial charge >= 0.3 is 0 Å². The first-order chi connectivity index (χ1) is 9.81. The Kier molecular flexibility index (Phi) is 6.59. The minimum Gasteiger partial charge on any atom is -0.316 e. The third kappa shape index (κ3) is 4.63. The molecule has 0 spiro atoms. The van der Waals surface area contributed by atoms with E-state index in [0.717, 1.165) is 19.0 Å². The molecule has 0 radical (unpaired) electrons. The Bertz CT molecular complexity index is 360. The van der Waals surface area contributed by atoms with E-state index in [1.165, 1.54) is 50.5 Å². The van der Waals surface area contributed by atoms with Gasteiger partial charge in [-0.15, -0.1) is 0 Å². The van der Waals surface area contributed by atoms with Gasteiger partial charge in [0.15, 0.2) is 0 Å². The Labute approximate surface area is 125 Å². The third-order valence-electron chi connectivity index (χ3n) is 4.77. The summed E-state index contributed by atoms with van der Waals surface area (Å²) in [4.78, 5) is 0. The number of aryl methyl sites for hydroxylation is 1. The Morgan fingerprint density at radius 3 is 2.30 bits per heavy atom. The molecule has 1 N–H and O–H groups in total. The summed E-state index contributed by atoms with van der Waals surface area (Å²) in [5, 5.41) is 3.67. The molecular weight excluding hydrogens is 242 g/mol. The molecule has 1 aromatic carbocycles. The van der Waals surface area contributed by atoms with Gasteiger partial charge in [-0.05, 0) is 50.1 Å². The maximum absolute atomic E-state index is 3.67. The van der Waals surface area contributed by atoms with Crippen LogP contribution < -0.4 is 5.32 Å². The molecule has 1 saturated carbocycles. The van der Waals surface area contributed by atoms with E-state index in [1.807, 2.05) is 0 Å². The van der Waals surface area contributed by atoms with Crippen LogP contribution in [0.25, 0.3) is 0 Å². The summed E-state index contributed by atoms with van der Waals surface area (Å²) in [5.41, 5.74) is 2.92. The first kappa shape index (κ1) is 15.6. The van der Waals surface area contributed by atoms with E-state index in [0.29, 0.717) is 5.92 Å². The van der Waals surface area contributed by atoms with Gasteiger partial charge in [-0.1, -0.05) is 62.4 Å². The van der Waals surface area contributed by atoms with Gasteiger partial charge in [0, 0.05) is 6.54 Å². The zero-order valence-electron chi connectivity index (χ0n) is 13.3. The summed E-state index contributed by atoms with van der Waals surface area (Å²) < 4.78 is 0. The SMILES string of the molecule is CCCNCC(c1ccc(C)cc1)C1CCCCCC1. The Hall–Kier alpha value is -0.820. The molecule has 0 aliphatic heterocycles. The molecule has 1 aromatic rings. The average Bonchev–Trinajstić information content (AvgIpc) is 2.74. The zero-order valence-corrected chi connectivity index (χ0v) is 13.3. The summed E-state index contributed by atoms with van der Waals surface area (Å²) in [6, 6.07) is 9.27. The molecule has 112 valence electrons. The van der Waals surface area contributed by atoms with Gasteiger partial charge in [0.1, 0.15) is 0 Å². The molecule has 2 rings (SSSR count). The molecule has 1 unspecified atom stereocenters. The lowest BCUT2D eigenvalue weighted by molar-refractivity contribution is 0.361. The lowest BCUT2D eigenvalue weighted by atomic mass is 9.81. The van der Waals surface area contributed by atoms with Crippen molar-refractivity contribution in [3.05, 3.63) is 35.4 Å². The van der Waals surface area contributed by atoms with Gasteiger partial charge in [-0.3, -0.25) is 0 Å². The van der Waals surface area contributed by atoms with Crippen LogP contribution in [0.1, 0.15) is 68.9 Å². The number of hydrogen-bond acceptors (Lipinski definition) is 1. The van der Waals surface area contributed by atoms with E-state index in [1.54, 1.807) is 5.56 Å². The maximum Gasteiger partial charge on any atom is 0.00228 e. The van der Waals surface area contributed by atoms with Crippen LogP contribution in [-0.2, 0) is 0 Å². The van der Waals surface area contributed by atoms with Gasteiger partial charge in [0.25, 0.3) is 0 Å². The first-order valence-corrected chi connectivity index (χ1v) is 8.58. The normalized spacial score (nSPS) is 18.7. The van der Waals surface area contributed by atoms with Crippen molar-refractivity contribution in [2.75, 3.05) is 13.1 Å². The number of rotatable bonds is 6.